The second-order valence-corrected chi connectivity index (χ2v) is 4.72. The summed E-state index contributed by atoms with van der Waals surface area (Å²) in [5, 5.41) is 3.87. The molecule has 3 N–H and O–H groups in total. The van der Waals surface area contributed by atoms with Crippen LogP contribution in [0.5, 0.6) is 0 Å². The molecule has 0 radical (unpaired) electrons. The van der Waals surface area contributed by atoms with Gasteiger partial charge in [-0.25, -0.2) is 4.98 Å². The summed E-state index contributed by atoms with van der Waals surface area (Å²) in [5.74, 6) is 0.699. The predicted octanol–water partition coefficient (Wildman–Crippen LogP) is 3.86. The molecule has 1 heterocycles. The molecule has 0 aliphatic carbocycles. The van der Waals surface area contributed by atoms with E-state index in [4.69, 9.17) is 33.7 Å². The zero-order valence-corrected chi connectivity index (χ0v) is 11.8. The Kier molecular flexibility index (Phi) is 4.47. The van der Waals surface area contributed by atoms with E-state index in [-0.39, 0.29) is 5.82 Å². The third kappa shape index (κ3) is 3.29. The molecule has 0 aliphatic heterocycles. The fourth-order valence-electron chi connectivity index (χ4n) is 1.62. The lowest BCUT2D eigenvalue weighted by molar-refractivity contribution is 0.185. The maximum absolute atomic E-state index is 6.08. The number of hydrogen-bond donors (Lipinski definition) is 2. The minimum absolute atomic E-state index is 0.234. The maximum Gasteiger partial charge on any atom is 0.151 e. The number of aromatic nitrogens is 1. The van der Waals surface area contributed by atoms with E-state index in [9.17, 15) is 0 Å². The SMILES string of the molecule is COCc1ccccc1Nc1nc(N)c(Cl)cc1Cl. The molecule has 2 aromatic rings. The van der Waals surface area contributed by atoms with Crippen LogP contribution in [0.25, 0.3) is 0 Å². The highest BCUT2D eigenvalue weighted by molar-refractivity contribution is 6.37. The highest BCUT2D eigenvalue weighted by Crippen LogP contribution is 2.30. The Labute approximate surface area is 121 Å². The van der Waals surface area contributed by atoms with E-state index in [1.165, 1.54) is 0 Å². The standard InChI is InChI=1S/C13H13Cl2N3O/c1-19-7-8-4-2-3-5-11(8)17-13-10(15)6-9(14)12(16)18-13/h2-6H,7H2,1H3,(H3,16,17,18). The number of nitrogens with zero attached hydrogens (tertiary/aromatic N) is 1. The smallest absolute Gasteiger partial charge is 0.151 e. The fraction of sp³-hybridized carbons (Fsp3) is 0.154. The number of benzene rings is 1. The Bertz CT molecular complexity index is 590. The van der Waals surface area contributed by atoms with Crippen molar-refractivity contribution < 1.29 is 4.74 Å². The molecule has 0 atom stereocenters. The maximum atomic E-state index is 6.08. The zero-order valence-electron chi connectivity index (χ0n) is 10.3. The van der Waals surface area contributed by atoms with Crippen molar-refractivity contribution in [3.05, 3.63) is 45.9 Å². The highest BCUT2D eigenvalue weighted by Gasteiger charge is 2.09. The van der Waals surface area contributed by atoms with Crippen LogP contribution >= 0.6 is 23.2 Å². The van der Waals surface area contributed by atoms with Gasteiger partial charge >= 0.3 is 0 Å². The first-order valence-corrected chi connectivity index (χ1v) is 6.32. The lowest BCUT2D eigenvalue weighted by Crippen LogP contribution is -2.02. The van der Waals surface area contributed by atoms with Crippen LogP contribution in [0.4, 0.5) is 17.3 Å². The Hall–Kier alpha value is -1.49. The summed E-state index contributed by atoms with van der Waals surface area (Å²) in [5.41, 5.74) is 7.53. The lowest BCUT2D eigenvalue weighted by atomic mass is 10.2. The predicted molar refractivity (Wildman–Crippen MR) is 79.1 cm³/mol. The number of halogens is 2. The second kappa shape index (κ2) is 6.10. The van der Waals surface area contributed by atoms with E-state index in [2.05, 4.69) is 10.3 Å². The molecular weight excluding hydrogens is 285 g/mol. The number of rotatable bonds is 4. The molecule has 0 bridgehead atoms. The largest absolute Gasteiger partial charge is 0.382 e. The van der Waals surface area contributed by atoms with Crippen molar-refractivity contribution in [2.45, 2.75) is 6.61 Å². The number of ether oxygens (including phenoxy) is 1. The Morgan fingerprint density at radius 2 is 2.00 bits per heavy atom. The third-order valence-electron chi connectivity index (χ3n) is 2.53. The Morgan fingerprint density at radius 3 is 2.74 bits per heavy atom. The van der Waals surface area contributed by atoms with Crippen molar-refractivity contribution in [3.63, 3.8) is 0 Å². The molecule has 0 amide bonds. The van der Waals surface area contributed by atoms with Crippen molar-refractivity contribution >= 4 is 40.5 Å². The lowest BCUT2D eigenvalue weighted by Gasteiger charge is -2.12. The molecule has 2 rings (SSSR count). The van der Waals surface area contributed by atoms with Crippen molar-refractivity contribution in [2.24, 2.45) is 0 Å². The molecule has 0 fully saturated rings. The summed E-state index contributed by atoms with van der Waals surface area (Å²) in [4.78, 5) is 4.13. The van der Waals surface area contributed by atoms with E-state index in [1.807, 2.05) is 24.3 Å². The molecule has 0 aliphatic rings. The van der Waals surface area contributed by atoms with Gasteiger partial charge < -0.3 is 15.8 Å². The van der Waals surface area contributed by atoms with Gasteiger partial charge in [0, 0.05) is 18.4 Å². The number of nitrogens with one attached hydrogen (secondary N) is 1. The molecule has 100 valence electrons. The van der Waals surface area contributed by atoms with Crippen molar-refractivity contribution in [3.8, 4) is 0 Å². The van der Waals surface area contributed by atoms with E-state index in [0.29, 0.717) is 22.5 Å². The van der Waals surface area contributed by atoms with Crippen LogP contribution in [0.2, 0.25) is 10.0 Å². The summed E-state index contributed by atoms with van der Waals surface area (Å²) < 4.78 is 5.14. The van der Waals surface area contributed by atoms with Crippen molar-refractivity contribution in [2.75, 3.05) is 18.2 Å². The number of methoxy groups -OCH3 is 1. The second-order valence-electron chi connectivity index (χ2n) is 3.90. The van der Waals surface area contributed by atoms with Crippen LogP contribution < -0.4 is 11.1 Å². The van der Waals surface area contributed by atoms with Crippen LogP contribution in [0.15, 0.2) is 30.3 Å². The first kappa shape index (κ1) is 13.9. The first-order chi connectivity index (χ1) is 9.11. The first-order valence-electron chi connectivity index (χ1n) is 5.57. The van der Waals surface area contributed by atoms with Crippen LogP contribution in [0, 0.1) is 0 Å². The summed E-state index contributed by atoms with van der Waals surface area (Å²) >= 11 is 11.9. The number of para-hydroxylation sites is 1. The van der Waals surface area contributed by atoms with Gasteiger partial charge in [-0.1, -0.05) is 41.4 Å². The number of nitrogens with two attached hydrogens (primary N) is 1. The molecule has 0 saturated heterocycles. The summed E-state index contributed by atoms with van der Waals surface area (Å²) in [6, 6.07) is 9.28. The monoisotopic (exact) mass is 297 g/mol. The van der Waals surface area contributed by atoms with Gasteiger partial charge in [0.15, 0.2) is 5.82 Å². The van der Waals surface area contributed by atoms with Crippen molar-refractivity contribution in [1.29, 1.82) is 0 Å². The normalized spacial score (nSPS) is 10.5. The number of pyridine rings is 1. The number of nitrogen functional groups attached to an aromatic ring is 1. The zero-order chi connectivity index (χ0) is 13.8. The molecule has 0 spiro atoms. The third-order valence-corrected chi connectivity index (χ3v) is 3.12. The van der Waals surface area contributed by atoms with E-state index in [1.54, 1.807) is 13.2 Å². The van der Waals surface area contributed by atoms with E-state index in [0.717, 1.165) is 11.3 Å². The van der Waals surface area contributed by atoms with Gasteiger partial charge in [0.05, 0.1) is 16.7 Å². The minimum Gasteiger partial charge on any atom is -0.382 e. The average molecular weight is 298 g/mol. The van der Waals surface area contributed by atoms with Gasteiger partial charge in [0.2, 0.25) is 0 Å². The minimum atomic E-state index is 0.234. The fourth-order valence-corrected chi connectivity index (χ4v) is 2.03. The van der Waals surface area contributed by atoms with Crippen LogP contribution in [0.3, 0.4) is 0 Å². The van der Waals surface area contributed by atoms with Gasteiger partial charge in [-0.3, -0.25) is 0 Å². The van der Waals surface area contributed by atoms with Gasteiger partial charge in [-0.05, 0) is 12.1 Å². The van der Waals surface area contributed by atoms with Crippen molar-refractivity contribution in [1.82, 2.24) is 4.98 Å². The van der Waals surface area contributed by atoms with Gasteiger partial charge in [-0.15, -0.1) is 0 Å². The van der Waals surface area contributed by atoms with Crippen LogP contribution in [-0.2, 0) is 11.3 Å². The van der Waals surface area contributed by atoms with Gasteiger partial charge in [0.25, 0.3) is 0 Å². The molecular formula is C13H13Cl2N3O. The van der Waals surface area contributed by atoms with E-state index >= 15 is 0 Å². The summed E-state index contributed by atoms with van der Waals surface area (Å²) in [6.07, 6.45) is 0. The molecule has 0 unspecified atom stereocenters. The molecule has 1 aromatic carbocycles. The highest BCUT2D eigenvalue weighted by atomic mass is 35.5. The van der Waals surface area contributed by atoms with E-state index < -0.39 is 0 Å². The molecule has 0 saturated carbocycles. The molecule has 4 nitrogen and oxygen atoms in total. The molecule has 6 heteroatoms. The van der Waals surface area contributed by atoms with Crippen LogP contribution in [0.1, 0.15) is 5.56 Å². The number of hydrogen-bond acceptors (Lipinski definition) is 4. The summed E-state index contributed by atoms with van der Waals surface area (Å²) in [7, 11) is 1.64. The number of anilines is 3. The topological polar surface area (TPSA) is 60.2 Å². The Morgan fingerprint density at radius 1 is 1.26 bits per heavy atom. The average Bonchev–Trinajstić information content (AvgIpc) is 2.38. The molecule has 19 heavy (non-hydrogen) atoms. The van der Waals surface area contributed by atoms with Crippen LogP contribution in [-0.4, -0.2) is 12.1 Å². The van der Waals surface area contributed by atoms with Gasteiger partial charge in [0.1, 0.15) is 5.82 Å². The Balaban J connectivity index is 2.33. The quantitative estimate of drug-likeness (QED) is 0.899. The van der Waals surface area contributed by atoms with Gasteiger partial charge in [-0.2, -0.15) is 0 Å². The molecule has 1 aromatic heterocycles. The summed E-state index contributed by atoms with van der Waals surface area (Å²) in [6.45, 7) is 0.490.